The minimum Gasteiger partial charge on any atom is -0.478 e. The minimum absolute atomic E-state index is 0.0552. The number of ether oxygens (including phenoxy) is 1. The maximum atomic E-state index is 12.3. The quantitative estimate of drug-likeness (QED) is 0.679. The molecule has 0 aliphatic carbocycles. The summed E-state index contributed by atoms with van der Waals surface area (Å²) in [5, 5.41) is 11.9. The SMILES string of the molecule is NC(=O)CC(NC(=O)Cc1cccc(C(=O)O)c1)C1CCOCC1. The number of carbonyl (C=O) groups is 3. The summed E-state index contributed by atoms with van der Waals surface area (Å²) < 4.78 is 5.31. The number of benzene rings is 1. The lowest BCUT2D eigenvalue weighted by atomic mass is 9.89. The van der Waals surface area contributed by atoms with Gasteiger partial charge >= 0.3 is 5.97 Å². The summed E-state index contributed by atoms with van der Waals surface area (Å²) in [6, 6.07) is 5.93. The highest BCUT2D eigenvalue weighted by molar-refractivity contribution is 5.88. The number of aromatic carboxylic acids is 1. The predicted molar refractivity (Wildman–Crippen MR) is 86.4 cm³/mol. The Balaban J connectivity index is 2.00. The molecule has 7 nitrogen and oxygen atoms in total. The molecule has 0 spiro atoms. The standard InChI is InChI=1S/C17H22N2O5/c18-15(20)10-14(12-4-6-24-7-5-12)19-16(21)9-11-2-1-3-13(8-11)17(22)23/h1-3,8,12,14H,4-7,9-10H2,(H2,18,20)(H,19,21)(H,22,23). The summed E-state index contributed by atoms with van der Waals surface area (Å²) >= 11 is 0. The number of carboxylic acids is 1. The summed E-state index contributed by atoms with van der Waals surface area (Å²) in [6.07, 6.45) is 1.69. The Hall–Kier alpha value is -2.41. The van der Waals surface area contributed by atoms with E-state index in [4.69, 9.17) is 15.6 Å². The molecule has 0 aromatic heterocycles. The number of amides is 2. The molecule has 24 heavy (non-hydrogen) atoms. The second-order valence-corrected chi connectivity index (χ2v) is 5.98. The lowest BCUT2D eigenvalue weighted by molar-refractivity contribution is -0.123. The fourth-order valence-corrected chi connectivity index (χ4v) is 2.93. The van der Waals surface area contributed by atoms with Crippen LogP contribution in [0.1, 0.15) is 35.2 Å². The molecular formula is C17H22N2O5. The molecule has 4 N–H and O–H groups in total. The molecule has 1 aromatic carbocycles. The average molecular weight is 334 g/mol. The van der Waals surface area contributed by atoms with Gasteiger partial charge in [0.15, 0.2) is 0 Å². The van der Waals surface area contributed by atoms with Gasteiger partial charge in [-0.3, -0.25) is 9.59 Å². The Morgan fingerprint density at radius 2 is 2.00 bits per heavy atom. The highest BCUT2D eigenvalue weighted by atomic mass is 16.5. The first-order chi connectivity index (χ1) is 11.5. The molecule has 1 heterocycles. The Kier molecular flexibility index (Phi) is 6.31. The van der Waals surface area contributed by atoms with Gasteiger partial charge in [0.05, 0.1) is 12.0 Å². The van der Waals surface area contributed by atoms with Crippen molar-refractivity contribution in [3.8, 4) is 0 Å². The van der Waals surface area contributed by atoms with Crippen LogP contribution in [0.15, 0.2) is 24.3 Å². The first kappa shape index (κ1) is 17.9. The first-order valence-electron chi connectivity index (χ1n) is 7.93. The van der Waals surface area contributed by atoms with Crippen LogP contribution in [0.25, 0.3) is 0 Å². The van der Waals surface area contributed by atoms with Gasteiger partial charge in [0.25, 0.3) is 0 Å². The fraction of sp³-hybridized carbons (Fsp3) is 0.471. The van der Waals surface area contributed by atoms with Gasteiger partial charge in [-0.2, -0.15) is 0 Å². The van der Waals surface area contributed by atoms with Crippen LogP contribution < -0.4 is 11.1 Å². The van der Waals surface area contributed by atoms with Crippen LogP contribution in [-0.4, -0.2) is 42.1 Å². The van der Waals surface area contributed by atoms with E-state index in [0.29, 0.717) is 18.8 Å². The van der Waals surface area contributed by atoms with Crippen molar-refractivity contribution < 1.29 is 24.2 Å². The van der Waals surface area contributed by atoms with Crippen molar-refractivity contribution in [3.63, 3.8) is 0 Å². The van der Waals surface area contributed by atoms with Gasteiger partial charge in [0.2, 0.25) is 11.8 Å². The van der Waals surface area contributed by atoms with E-state index in [0.717, 1.165) is 12.8 Å². The van der Waals surface area contributed by atoms with Crippen molar-refractivity contribution in [2.45, 2.75) is 31.7 Å². The van der Waals surface area contributed by atoms with Crippen LogP contribution >= 0.6 is 0 Å². The second kappa shape index (κ2) is 8.44. The van der Waals surface area contributed by atoms with Crippen LogP contribution in [0, 0.1) is 5.92 Å². The topological polar surface area (TPSA) is 119 Å². The van der Waals surface area contributed by atoms with Gasteiger partial charge in [-0.25, -0.2) is 4.79 Å². The van der Waals surface area contributed by atoms with Crippen LogP contribution in [0.2, 0.25) is 0 Å². The van der Waals surface area contributed by atoms with Gasteiger partial charge in [-0.15, -0.1) is 0 Å². The highest BCUT2D eigenvalue weighted by Crippen LogP contribution is 2.21. The summed E-state index contributed by atoms with van der Waals surface area (Å²) in [5.41, 5.74) is 6.04. The number of hydrogen-bond donors (Lipinski definition) is 3. The Bertz CT molecular complexity index is 611. The fourth-order valence-electron chi connectivity index (χ4n) is 2.93. The Labute approximate surface area is 140 Å². The van der Waals surface area contributed by atoms with Gasteiger partial charge < -0.3 is 20.9 Å². The molecule has 7 heteroatoms. The van der Waals surface area contributed by atoms with E-state index in [1.165, 1.54) is 12.1 Å². The lowest BCUT2D eigenvalue weighted by Gasteiger charge is -2.30. The predicted octanol–water partition coefficient (Wildman–Crippen LogP) is 0.714. The molecule has 1 saturated heterocycles. The van der Waals surface area contributed by atoms with Gasteiger partial charge in [0, 0.05) is 25.7 Å². The molecule has 1 atom stereocenters. The normalized spacial score (nSPS) is 16.3. The monoisotopic (exact) mass is 334 g/mol. The van der Waals surface area contributed by atoms with Crippen molar-refractivity contribution in [2.24, 2.45) is 11.7 Å². The van der Waals surface area contributed by atoms with Crippen molar-refractivity contribution in [2.75, 3.05) is 13.2 Å². The zero-order chi connectivity index (χ0) is 17.5. The summed E-state index contributed by atoms with van der Waals surface area (Å²) in [5.74, 6) is -1.60. The zero-order valence-electron chi connectivity index (χ0n) is 13.4. The summed E-state index contributed by atoms with van der Waals surface area (Å²) in [4.78, 5) is 34.6. The van der Waals surface area contributed by atoms with E-state index in [1.807, 2.05) is 0 Å². The van der Waals surface area contributed by atoms with Crippen molar-refractivity contribution in [1.82, 2.24) is 5.32 Å². The molecule has 0 saturated carbocycles. The Morgan fingerprint density at radius 3 is 2.62 bits per heavy atom. The minimum atomic E-state index is -1.04. The maximum Gasteiger partial charge on any atom is 0.335 e. The van der Waals surface area contributed by atoms with Crippen molar-refractivity contribution in [3.05, 3.63) is 35.4 Å². The summed E-state index contributed by atoms with van der Waals surface area (Å²) in [7, 11) is 0. The van der Waals surface area contributed by atoms with E-state index in [9.17, 15) is 14.4 Å². The highest BCUT2D eigenvalue weighted by Gasteiger charge is 2.26. The molecule has 1 aliphatic rings. The number of rotatable bonds is 7. The molecular weight excluding hydrogens is 312 g/mol. The number of hydrogen-bond acceptors (Lipinski definition) is 4. The van der Waals surface area contributed by atoms with E-state index in [1.54, 1.807) is 12.1 Å². The number of carbonyl (C=O) groups excluding carboxylic acids is 2. The molecule has 1 aromatic rings. The zero-order valence-corrected chi connectivity index (χ0v) is 13.4. The van der Waals surface area contributed by atoms with Gasteiger partial charge in [-0.05, 0) is 36.5 Å². The third-order valence-corrected chi connectivity index (χ3v) is 4.14. The Morgan fingerprint density at radius 1 is 1.29 bits per heavy atom. The molecule has 130 valence electrons. The molecule has 2 rings (SSSR count). The number of nitrogens with two attached hydrogens (primary N) is 1. The maximum absolute atomic E-state index is 12.3. The smallest absolute Gasteiger partial charge is 0.335 e. The number of nitrogens with one attached hydrogen (secondary N) is 1. The van der Waals surface area contributed by atoms with Crippen LogP contribution in [0.4, 0.5) is 0 Å². The molecule has 1 aliphatic heterocycles. The van der Waals surface area contributed by atoms with Crippen LogP contribution in [0.5, 0.6) is 0 Å². The van der Waals surface area contributed by atoms with E-state index in [2.05, 4.69) is 5.32 Å². The second-order valence-electron chi connectivity index (χ2n) is 5.98. The van der Waals surface area contributed by atoms with E-state index in [-0.39, 0.29) is 36.3 Å². The largest absolute Gasteiger partial charge is 0.478 e. The molecule has 0 bridgehead atoms. The molecule has 2 amide bonds. The van der Waals surface area contributed by atoms with Gasteiger partial charge in [0.1, 0.15) is 0 Å². The van der Waals surface area contributed by atoms with Crippen molar-refractivity contribution in [1.29, 1.82) is 0 Å². The number of primary amides is 1. The first-order valence-corrected chi connectivity index (χ1v) is 7.93. The summed E-state index contributed by atoms with van der Waals surface area (Å²) in [6.45, 7) is 1.22. The third-order valence-electron chi connectivity index (χ3n) is 4.14. The third kappa shape index (κ3) is 5.34. The van der Waals surface area contributed by atoms with Crippen LogP contribution in [0.3, 0.4) is 0 Å². The number of carboxylic acid groups (broad SMARTS) is 1. The molecule has 1 unspecified atom stereocenters. The van der Waals surface area contributed by atoms with Gasteiger partial charge in [-0.1, -0.05) is 12.1 Å². The molecule has 0 radical (unpaired) electrons. The average Bonchev–Trinajstić information content (AvgIpc) is 2.55. The molecule has 1 fully saturated rings. The van der Waals surface area contributed by atoms with E-state index < -0.39 is 11.9 Å². The van der Waals surface area contributed by atoms with Crippen molar-refractivity contribution >= 4 is 17.8 Å². The van der Waals surface area contributed by atoms with Crippen LogP contribution in [-0.2, 0) is 20.7 Å². The van der Waals surface area contributed by atoms with E-state index >= 15 is 0 Å². The lowest BCUT2D eigenvalue weighted by Crippen LogP contribution is -2.45.